The number of unbranched alkanes of at least 4 members (excludes halogenated alkanes) is 2. The predicted molar refractivity (Wildman–Crippen MR) is 190 cm³/mol. The third kappa shape index (κ3) is 8.79. The molecule has 0 spiro atoms. The summed E-state index contributed by atoms with van der Waals surface area (Å²) in [5.74, 6) is 1.33. The van der Waals surface area contributed by atoms with Crippen LogP contribution in [0.2, 0.25) is 0 Å². The summed E-state index contributed by atoms with van der Waals surface area (Å²) in [6.07, 6.45) is 10.5. The molecule has 250 valence electrons. The molecule has 2 aromatic carbocycles. The molecule has 1 N–H and O–H groups in total. The monoisotopic (exact) mass is 637 g/mol. The molecule has 0 radical (unpaired) electrons. The zero-order valence-electron chi connectivity index (χ0n) is 28.8. The summed E-state index contributed by atoms with van der Waals surface area (Å²) in [4.78, 5) is 38.5. The maximum atomic E-state index is 13.6. The standard InChI is InChI=1S/C39H51N5O3/c1-6-8-19-34-41-33-24-25-35(43(26-9-7-2)38(46)40-30-15-11-10-12-16-30)42-36(33)44(34)27-28-20-22-29(23-21-28)31-17-13-14-18-32(31)37(45)47-39(3,4)5/h13-14,17-18,20-25,30H,6-12,15-16,19,26-27H2,1-5H3,(H,40,46). The van der Waals surface area contributed by atoms with E-state index in [2.05, 4.69) is 48.0 Å². The molecule has 47 heavy (non-hydrogen) atoms. The minimum atomic E-state index is -0.572. The van der Waals surface area contributed by atoms with Crippen molar-refractivity contribution in [2.75, 3.05) is 11.4 Å². The molecule has 8 heteroatoms. The lowest BCUT2D eigenvalue weighted by Crippen LogP contribution is -2.46. The van der Waals surface area contributed by atoms with Crippen LogP contribution in [0, 0.1) is 0 Å². The van der Waals surface area contributed by atoms with E-state index >= 15 is 0 Å². The predicted octanol–water partition coefficient (Wildman–Crippen LogP) is 9.09. The van der Waals surface area contributed by atoms with Crippen LogP contribution in [0.5, 0.6) is 0 Å². The smallest absolute Gasteiger partial charge is 0.339 e. The number of imidazole rings is 1. The van der Waals surface area contributed by atoms with Gasteiger partial charge in [-0.3, -0.25) is 4.90 Å². The number of amides is 2. The first kappa shape index (κ1) is 34.1. The van der Waals surface area contributed by atoms with Gasteiger partial charge < -0.3 is 14.6 Å². The van der Waals surface area contributed by atoms with Gasteiger partial charge in [-0.2, -0.15) is 0 Å². The molecule has 0 saturated heterocycles. The first-order valence-electron chi connectivity index (χ1n) is 17.5. The Morgan fingerprint density at radius 1 is 0.915 bits per heavy atom. The van der Waals surface area contributed by atoms with E-state index in [-0.39, 0.29) is 18.0 Å². The Morgan fingerprint density at radius 3 is 2.34 bits per heavy atom. The third-order valence-corrected chi connectivity index (χ3v) is 8.75. The summed E-state index contributed by atoms with van der Waals surface area (Å²) >= 11 is 0. The van der Waals surface area contributed by atoms with Crippen molar-refractivity contribution in [3.63, 3.8) is 0 Å². The van der Waals surface area contributed by atoms with E-state index in [1.165, 1.54) is 19.3 Å². The summed E-state index contributed by atoms with van der Waals surface area (Å²) in [6, 6.07) is 20.0. The van der Waals surface area contributed by atoms with Crippen LogP contribution in [0.25, 0.3) is 22.3 Å². The maximum absolute atomic E-state index is 13.6. The van der Waals surface area contributed by atoms with Crippen molar-refractivity contribution < 1.29 is 14.3 Å². The molecule has 0 unspecified atom stereocenters. The number of aromatic nitrogens is 3. The number of nitrogens with one attached hydrogen (secondary N) is 1. The number of aryl methyl sites for hydroxylation is 1. The fourth-order valence-corrected chi connectivity index (χ4v) is 6.23. The van der Waals surface area contributed by atoms with Gasteiger partial charge in [0.15, 0.2) is 5.65 Å². The van der Waals surface area contributed by atoms with Crippen LogP contribution >= 0.6 is 0 Å². The first-order valence-corrected chi connectivity index (χ1v) is 17.5. The Morgan fingerprint density at radius 2 is 1.64 bits per heavy atom. The van der Waals surface area contributed by atoms with Gasteiger partial charge >= 0.3 is 12.0 Å². The van der Waals surface area contributed by atoms with Crippen LogP contribution in [-0.4, -0.2) is 44.7 Å². The van der Waals surface area contributed by atoms with Gasteiger partial charge in [-0.1, -0.05) is 88.4 Å². The fourth-order valence-electron chi connectivity index (χ4n) is 6.23. The summed E-state index contributed by atoms with van der Waals surface area (Å²) in [6.45, 7) is 11.2. The van der Waals surface area contributed by atoms with E-state index in [1.807, 2.05) is 62.1 Å². The number of rotatable bonds is 12. The van der Waals surface area contributed by atoms with E-state index in [0.29, 0.717) is 24.5 Å². The number of anilines is 1. The van der Waals surface area contributed by atoms with Crippen molar-refractivity contribution in [1.82, 2.24) is 19.9 Å². The molecule has 1 aliphatic carbocycles. The van der Waals surface area contributed by atoms with Crippen molar-refractivity contribution in [3.05, 3.63) is 77.6 Å². The zero-order valence-corrected chi connectivity index (χ0v) is 28.8. The third-order valence-electron chi connectivity index (χ3n) is 8.75. The summed E-state index contributed by atoms with van der Waals surface area (Å²) in [5, 5.41) is 3.30. The molecule has 1 aliphatic rings. The maximum Gasteiger partial charge on any atom is 0.339 e. The van der Waals surface area contributed by atoms with Gasteiger partial charge in [0.25, 0.3) is 0 Å². The molecule has 5 rings (SSSR count). The second-order valence-corrected chi connectivity index (χ2v) is 13.8. The lowest BCUT2D eigenvalue weighted by atomic mass is 9.96. The van der Waals surface area contributed by atoms with Crippen LogP contribution in [0.3, 0.4) is 0 Å². The van der Waals surface area contributed by atoms with Gasteiger partial charge in [0.05, 0.1) is 12.1 Å². The highest BCUT2D eigenvalue weighted by Gasteiger charge is 2.24. The largest absolute Gasteiger partial charge is 0.456 e. The quantitative estimate of drug-likeness (QED) is 0.157. The number of ether oxygens (including phenoxy) is 1. The number of hydrogen-bond acceptors (Lipinski definition) is 5. The van der Waals surface area contributed by atoms with Gasteiger partial charge in [-0.15, -0.1) is 0 Å². The lowest BCUT2D eigenvalue weighted by Gasteiger charge is -2.28. The molecule has 0 aliphatic heterocycles. The molecule has 2 heterocycles. The summed E-state index contributed by atoms with van der Waals surface area (Å²) in [5.41, 5.74) is 4.51. The van der Waals surface area contributed by atoms with Crippen molar-refractivity contribution in [2.45, 2.75) is 117 Å². The topological polar surface area (TPSA) is 89.4 Å². The van der Waals surface area contributed by atoms with Crippen molar-refractivity contribution in [1.29, 1.82) is 0 Å². The Kier molecular flexibility index (Phi) is 11.3. The fraction of sp³-hybridized carbons (Fsp3) is 0.487. The minimum Gasteiger partial charge on any atom is -0.456 e. The van der Waals surface area contributed by atoms with E-state index in [4.69, 9.17) is 14.7 Å². The second-order valence-electron chi connectivity index (χ2n) is 13.8. The normalized spacial score (nSPS) is 13.9. The second kappa shape index (κ2) is 15.6. The van der Waals surface area contributed by atoms with Gasteiger partial charge in [-0.25, -0.2) is 19.6 Å². The van der Waals surface area contributed by atoms with Gasteiger partial charge in [0.1, 0.15) is 22.8 Å². The molecule has 0 bridgehead atoms. The average molecular weight is 638 g/mol. The molecule has 2 aromatic heterocycles. The average Bonchev–Trinajstić information content (AvgIpc) is 3.40. The first-order chi connectivity index (χ1) is 22.7. The van der Waals surface area contributed by atoms with Crippen LogP contribution in [0.15, 0.2) is 60.7 Å². The van der Waals surface area contributed by atoms with Crippen LogP contribution in [0.1, 0.15) is 114 Å². The zero-order chi connectivity index (χ0) is 33.4. The van der Waals surface area contributed by atoms with Gasteiger partial charge in [0.2, 0.25) is 0 Å². The van der Waals surface area contributed by atoms with Gasteiger partial charge in [-0.05, 0) is 81.3 Å². The number of carbonyl (C=O) groups excluding carboxylic acids is 2. The highest BCUT2D eigenvalue weighted by molar-refractivity contribution is 5.97. The summed E-state index contributed by atoms with van der Waals surface area (Å²) in [7, 11) is 0. The van der Waals surface area contributed by atoms with E-state index in [9.17, 15) is 9.59 Å². The van der Waals surface area contributed by atoms with Crippen molar-refractivity contribution in [3.8, 4) is 11.1 Å². The molecule has 2 amide bonds. The number of fused-ring (bicyclic) bond motifs is 1. The molecule has 1 fully saturated rings. The molecule has 8 nitrogen and oxygen atoms in total. The lowest BCUT2D eigenvalue weighted by molar-refractivity contribution is 0.00704. The van der Waals surface area contributed by atoms with Crippen LogP contribution < -0.4 is 10.2 Å². The number of carbonyl (C=O) groups is 2. The van der Waals surface area contributed by atoms with Gasteiger partial charge in [0, 0.05) is 19.0 Å². The van der Waals surface area contributed by atoms with Crippen LogP contribution in [0.4, 0.5) is 10.6 Å². The number of pyridine rings is 1. The van der Waals surface area contributed by atoms with Crippen LogP contribution in [-0.2, 0) is 17.7 Å². The van der Waals surface area contributed by atoms with Crippen molar-refractivity contribution >= 4 is 29.0 Å². The van der Waals surface area contributed by atoms with E-state index in [0.717, 1.165) is 78.6 Å². The summed E-state index contributed by atoms with van der Waals surface area (Å²) < 4.78 is 7.89. The Balaban J connectivity index is 1.44. The molecule has 0 atom stereocenters. The van der Waals surface area contributed by atoms with E-state index < -0.39 is 5.60 Å². The molecular weight excluding hydrogens is 586 g/mol. The number of benzene rings is 2. The molecular formula is C39H51N5O3. The minimum absolute atomic E-state index is 0.0586. The number of esters is 1. The highest BCUT2D eigenvalue weighted by Crippen LogP contribution is 2.28. The molecule has 4 aromatic rings. The molecule has 1 saturated carbocycles. The number of urea groups is 1. The highest BCUT2D eigenvalue weighted by atomic mass is 16.6. The number of nitrogens with zero attached hydrogens (tertiary/aromatic N) is 4. The number of hydrogen-bond donors (Lipinski definition) is 1. The SMILES string of the molecule is CCCCc1nc2ccc(N(CCCC)C(=O)NC3CCCCC3)nc2n1Cc1ccc(-c2ccccc2C(=O)OC(C)(C)C)cc1. The Bertz CT molecular complexity index is 1650. The van der Waals surface area contributed by atoms with Crippen molar-refractivity contribution in [2.24, 2.45) is 0 Å². The Hall–Kier alpha value is -4.20. The Labute approximate surface area is 279 Å². The van der Waals surface area contributed by atoms with E-state index in [1.54, 1.807) is 0 Å².